The normalized spacial score (nSPS) is 16.6. The molecule has 0 N–H and O–H groups in total. The average molecular weight is 483 g/mol. The van der Waals surface area contributed by atoms with Crippen LogP contribution in [0.5, 0.6) is 17.2 Å². The molecule has 0 saturated heterocycles. The summed E-state index contributed by atoms with van der Waals surface area (Å²) in [6.07, 6.45) is 0.649. The zero-order chi connectivity index (χ0) is 23.9. The first-order valence-electron chi connectivity index (χ1n) is 11.0. The summed E-state index contributed by atoms with van der Waals surface area (Å²) in [5, 5.41) is 15.0. The van der Waals surface area contributed by atoms with Gasteiger partial charge in [0.1, 0.15) is 43.3 Å². The molecule has 1 fully saturated rings. The van der Waals surface area contributed by atoms with Crippen molar-refractivity contribution in [3.8, 4) is 17.2 Å². The molecule has 1 aliphatic carbocycles. The van der Waals surface area contributed by atoms with Crippen LogP contribution in [0.15, 0.2) is 78.0 Å². The van der Waals surface area contributed by atoms with E-state index in [0.717, 1.165) is 28.2 Å². The number of benzene rings is 3. The topological polar surface area (TPSA) is 89.4 Å². The van der Waals surface area contributed by atoms with Crippen molar-refractivity contribution in [1.82, 2.24) is 0 Å². The standard InChI is InChI=1S/C27H27NO6.Na/c1-31-21-11-7-20(8-12-21)26(28-32-2)17-34-22-9-3-18(4-10-22)16-33-23-13-5-19(6-14-23)24-15-25(24)27(29)30;/h3-14,24-25H,15-17H2,1-2H3,(H,29,30);/q;+1/p-1/b28-26-;. The fourth-order valence-corrected chi connectivity index (χ4v) is 3.69. The van der Waals surface area contributed by atoms with Crippen LogP contribution in [0.1, 0.15) is 29.0 Å². The number of nitrogens with zero attached hydrogens (tertiary/aromatic N) is 1. The summed E-state index contributed by atoms with van der Waals surface area (Å²) in [7, 11) is 3.12. The number of carbonyl (C=O) groups excluding carboxylic acids is 1. The van der Waals surface area contributed by atoms with Gasteiger partial charge >= 0.3 is 29.6 Å². The van der Waals surface area contributed by atoms with Crippen molar-refractivity contribution >= 4 is 11.7 Å². The van der Waals surface area contributed by atoms with Crippen LogP contribution in [-0.2, 0) is 16.2 Å². The van der Waals surface area contributed by atoms with Gasteiger partial charge in [0.15, 0.2) is 0 Å². The Hall–Kier alpha value is -3.00. The van der Waals surface area contributed by atoms with Crippen molar-refractivity contribution in [3.05, 3.63) is 89.5 Å². The molecular weight excluding hydrogens is 457 g/mol. The van der Waals surface area contributed by atoms with Crippen LogP contribution < -0.4 is 48.9 Å². The molecule has 1 aliphatic rings. The number of oxime groups is 1. The Kier molecular flexibility index (Phi) is 9.60. The predicted molar refractivity (Wildman–Crippen MR) is 125 cm³/mol. The molecule has 2 atom stereocenters. The SMILES string of the molecule is CO/N=C(/COc1ccc(COc2ccc(C3CC3C(=O)[O-])cc2)cc1)c1ccc(OC)cc1.[Na+]. The number of methoxy groups -OCH3 is 1. The molecule has 0 heterocycles. The number of hydrogen-bond donors (Lipinski definition) is 0. The number of ether oxygens (including phenoxy) is 3. The van der Waals surface area contributed by atoms with E-state index < -0.39 is 5.97 Å². The third-order valence-corrected chi connectivity index (χ3v) is 5.73. The van der Waals surface area contributed by atoms with E-state index >= 15 is 0 Å². The third-order valence-electron chi connectivity index (χ3n) is 5.73. The van der Waals surface area contributed by atoms with Gasteiger partial charge < -0.3 is 28.9 Å². The second-order valence-electron chi connectivity index (χ2n) is 8.01. The molecule has 176 valence electrons. The number of carboxylic acids is 1. The van der Waals surface area contributed by atoms with Gasteiger partial charge in [-0.1, -0.05) is 29.4 Å². The minimum Gasteiger partial charge on any atom is -0.550 e. The number of carboxylic acid groups (broad SMARTS) is 1. The maximum absolute atomic E-state index is 10.9. The van der Waals surface area contributed by atoms with Crippen LogP contribution in [0.25, 0.3) is 0 Å². The molecule has 7 nitrogen and oxygen atoms in total. The fourth-order valence-electron chi connectivity index (χ4n) is 3.69. The average Bonchev–Trinajstić information content (AvgIpc) is 3.68. The maximum atomic E-state index is 10.9. The number of carbonyl (C=O) groups is 1. The zero-order valence-corrected chi connectivity index (χ0v) is 22.1. The molecule has 3 aromatic carbocycles. The Morgan fingerprint density at radius 2 is 1.49 bits per heavy atom. The van der Waals surface area contributed by atoms with Crippen molar-refractivity contribution < 1.29 is 58.5 Å². The van der Waals surface area contributed by atoms with Crippen molar-refractivity contribution in [1.29, 1.82) is 0 Å². The first-order chi connectivity index (χ1) is 16.6. The Balaban J connectivity index is 0.00000342. The predicted octanol–water partition coefficient (Wildman–Crippen LogP) is 0.561. The summed E-state index contributed by atoms with van der Waals surface area (Å²) >= 11 is 0. The molecular formula is C27H26NNaO6. The molecule has 2 unspecified atom stereocenters. The van der Waals surface area contributed by atoms with Crippen molar-refractivity contribution in [2.75, 3.05) is 20.8 Å². The van der Waals surface area contributed by atoms with Crippen LogP contribution in [0.3, 0.4) is 0 Å². The van der Waals surface area contributed by atoms with Gasteiger partial charge in [-0.25, -0.2) is 0 Å². The van der Waals surface area contributed by atoms with Crippen molar-refractivity contribution in [2.45, 2.75) is 18.9 Å². The zero-order valence-electron chi connectivity index (χ0n) is 20.1. The van der Waals surface area contributed by atoms with Crippen LogP contribution in [0.4, 0.5) is 0 Å². The van der Waals surface area contributed by atoms with E-state index in [9.17, 15) is 9.90 Å². The Morgan fingerprint density at radius 3 is 2.06 bits per heavy atom. The summed E-state index contributed by atoms with van der Waals surface area (Å²) in [6.45, 7) is 0.662. The largest absolute Gasteiger partial charge is 1.00 e. The molecule has 4 rings (SSSR count). The van der Waals surface area contributed by atoms with Crippen LogP contribution in [0, 0.1) is 5.92 Å². The van der Waals surface area contributed by atoms with Gasteiger partial charge in [-0.05, 0) is 72.0 Å². The summed E-state index contributed by atoms with van der Waals surface area (Å²) < 4.78 is 16.9. The van der Waals surface area contributed by atoms with Gasteiger partial charge in [0.25, 0.3) is 0 Å². The third kappa shape index (κ3) is 7.24. The molecule has 0 radical (unpaired) electrons. The number of rotatable bonds is 11. The molecule has 1 saturated carbocycles. The van der Waals surface area contributed by atoms with Gasteiger partial charge in [-0.3, -0.25) is 0 Å². The van der Waals surface area contributed by atoms with E-state index in [1.165, 1.54) is 7.11 Å². The number of aliphatic carboxylic acids is 1. The first-order valence-corrected chi connectivity index (χ1v) is 11.0. The van der Waals surface area contributed by atoms with Gasteiger partial charge in [0.05, 0.1) is 7.11 Å². The van der Waals surface area contributed by atoms with Gasteiger partial charge in [0.2, 0.25) is 0 Å². The minimum atomic E-state index is -0.972. The van der Waals surface area contributed by atoms with Crippen molar-refractivity contribution in [2.24, 2.45) is 11.1 Å². The van der Waals surface area contributed by atoms with Crippen LogP contribution >= 0.6 is 0 Å². The molecule has 0 aromatic heterocycles. The second-order valence-corrected chi connectivity index (χ2v) is 8.01. The molecule has 3 aromatic rings. The van der Waals surface area contributed by atoms with Gasteiger partial charge in [-0.2, -0.15) is 0 Å². The molecule has 0 spiro atoms. The van der Waals surface area contributed by atoms with Crippen LogP contribution in [-0.4, -0.2) is 32.5 Å². The van der Waals surface area contributed by atoms with E-state index in [1.807, 2.05) is 72.8 Å². The summed E-state index contributed by atoms with van der Waals surface area (Å²) in [5.41, 5.74) is 3.55. The summed E-state index contributed by atoms with van der Waals surface area (Å²) in [6, 6.07) is 22.7. The smallest absolute Gasteiger partial charge is 0.550 e. The summed E-state index contributed by atoms with van der Waals surface area (Å²) in [5.74, 6) is 0.932. The molecule has 35 heavy (non-hydrogen) atoms. The molecule has 0 amide bonds. The molecule has 0 bridgehead atoms. The Morgan fingerprint density at radius 1 is 0.886 bits per heavy atom. The van der Waals surface area contributed by atoms with Gasteiger partial charge in [-0.15, -0.1) is 0 Å². The monoisotopic (exact) mass is 483 g/mol. The van der Waals surface area contributed by atoms with E-state index in [0.29, 0.717) is 24.5 Å². The minimum absolute atomic E-state index is 0. The first kappa shape index (κ1) is 26.6. The van der Waals surface area contributed by atoms with Crippen LogP contribution in [0.2, 0.25) is 0 Å². The van der Waals surface area contributed by atoms with E-state index in [1.54, 1.807) is 7.11 Å². The van der Waals surface area contributed by atoms with Gasteiger partial charge in [0, 0.05) is 17.5 Å². The van der Waals surface area contributed by atoms with E-state index in [2.05, 4.69) is 5.16 Å². The molecule has 0 aliphatic heterocycles. The molecule has 8 heteroatoms. The Bertz CT molecular complexity index is 1130. The van der Waals surface area contributed by atoms with E-state index in [4.69, 9.17) is 19.0 Å². The summed E-state index contributed by atoms with van der Waals surface area (Å²) in [4.78, 5) is 15.9. The maximum Gasteiger partial charge on any atom is 1.00 e. The second kappa shape index (κ2) is 12.6. The Labute approximate surface area is 226 Å². The van der Waals surface area contributed by atoms with E-state index in [-0.39, 0.29) is 48.0 Å². The quantitative estimate of drug-likeness (QED) is 0.225. The fraction of sp³-hybridized carbons (Fsp3) is 0.259. The van der Waals surface area contributed by atoms with Crippen molar-refractivity contribution in [3.63, 3.8) is 0 Å². The number of hydrogen-bond acceptors (Lipinski definition) is 7.